The number of thioether (sulfide) groups is 1. The van der Waals surface area contributed by atoms with Gasteiger partial charge in [-0.25, -0.2) is 13.6 Å². The van der Waals surface area contributed by atoms with Crippen molar-refractivity contribution in [3.05, 3.63) is 64.3 Å². The summed E-state index contributed by atoms with van der Waals surface area (Å²) in [5.41, 5.74) is -0.102. The van der Waals surface area contributed by atoms with Gasteiger partial charge in [0.25, 0.3) is 11.8 Å². The minimum atomic E-state index is -1.74. The number of carboxylic acid groups (broad SMARTS) is 1. The van der Waals surface area contributed by atoms with E-state index < -0.39 is 70.8 Å². The Morgan fingerprint density at radius 2 is 1.84 bits per heavy atom. The normalized spacial score (nSPS) is 18.7. The molecule has 4 rings (SSSR count). The number of ether oxygens (including phenoxy) is 2. The summed E-state index contributed by atoms with van der Waals surface area (Å²) < 4.78 is 68.9. The van der Waals surface area contributed by atoms with Gasteiger partial charge in [-0.1, -0.05) is 0 Å². The van der Waals surface area contributed by atoms with E-state index in [1.165, 1.54) is 12.1 Å². The first-order valence-corrected chi connectivity index (χ1v) is 11.4. The van der Waals surface area contributed by atoms with Gasteiger partial charge >= 0.3 is 11.9 Å². The maximum atomic E-state index is 13.7. The average Bonchev–Trinajstić information content (AvgIpc) is 3.33. The largest absolute Gasteiger partial charge is 0.479 e. The summed E-state index contributed by atoms with van der Waals surface area (Å²) in [7, 11) is 0. The summed E-state index contributed by atoms with van der Waals surface area (Å²) in [5.74, 6) is -12.0. The van der Waals surface area contributed by atoms with Crippen LogP contribution in [0.2, 0.25) is 0 Å². The molecule has 0 spiro atoms. The van der Waals surface area contributed by atoms with Crippen LogP contribution in [0.25, 0.3) is 0 Å². The van der Waals surface area contributed by atoms with Gasteiger partial charge in [0.15, 0.2) is 23.1 Å². The molecular weight excluding hydrogens is 528 g/mol. The Labute approximate surface area is 209 Å². The molecule has 1 aromatic heterocycles. The molecule has 15 heteroatoms. The SMILES string of the molecule is CC(=O)OCC1=C(C(=O)O)N2C(=O)C(NC(=O)c3ccc(COc4c(F)c(F)cc(F)c4F)o3)C2SC1. The standard InChI is InChI=1S/C22H16F4N2O8S/c1-8(29)34-5-9-7-37-21-16(20(31)28(21)17(9)22(32)33)27-19(30)13-3-2-10(36-13)6-35-18-14(25)11(23)4-12(24)15(18)26/h2-4,16,21H,5-7H2,1H3,(H,27,30)(H,32,33). The molecule has 3 heterocycles. The fraction of sp³-hybridized carbons (Fsp3) is 0.273. The lowest BCUT2D eigenvalue weighted by Crippen LogP contribution is -2.70. The molecule has 2 N–H and O–H groups in total. The quantitative estimate of drug-likeness (QED) is 0.222. The monoisotopic (exact) mass is 544 g/mol. The number of halogens is 4. The Bertz CT molecular complexity index is 1320. The van der Waals surface area contributed by atoms with Crippen molar-refractivity contribution in [2.75, 3.05) is 12.4 Å². The summed E-state index contributed by atoms with van der Waals surface area (Å²) in [5, 5.41) is 11.2. The van der Waals surface area contributed by atoms with Crippen LogP contribution in [-0.2, 0) is 25.7 Å². The molecular formula is C22H16F4N2O8S. The van der Waals surface area contributed by atoms with E-state index in [-0.39, 0.29) is 41.2 Å². The number of nitrogens with one attached hydrogen (secondary N) is 1. The van der Waals surface area contributed by atoms with Crippen molar-refractivity contribution in [3.8, 4) is 5.75 Å². The van der Waals surface area contributed by atoms with Gasteiger partial charge in [0.1, 0.15) is 36.1 Å². The number of esters is 1. The molecule has 0 bridgehead atoms. The average molecular weight is 544 g/mol. The summed E-state index contributed by atoms with van der Waals surface area (Å²) in [6.45, 7) is 0.172. The Morgan fingerprint density at radius 3 is 2.46 bits per heavy atom. The third-order valence-corrected chi connectivity index (χ3v) is 6.64. The van der Waals surface area contributed by atoms with Gasteiger partial charge < -0.3 is 24.3 Å². The maximum absolute atomic E-state index is 13.7. The van der Waals surface area contributed by atoms with E-state index in [2.05, 4.69) is 5.32 Å². The molecule has 1 saturated heterocycles. The molecule has 2 aromatic rings. The summed E-state index contributed by atoms with van der Waals surface area (Å²) >= 11 is 1.15. The van der Waals surface area contributed by atoms with Crippen LogP contribution in [0.1, 0.15) is 23.2 Å². The number of carbonyl (C=O) groups is 4. The highest BCUT2D eigenvalue weighted by Gasteiger charge is 2.54. The fourth-order valence-electron chi connectivity index (χ4n) is 3.59. The van der Waals surface area contributed by atoms with Crippen molar-refractivity contribution in [1.29, 1.82) is 0 Å². The number of carboxylic acids is 1. The van der Waals surface area contributed by atoms with E-state index in [0.29, 0.717) is 0 Å². The molecule has 0 radical (unpaired) electrons. The second-order valence-corrected chi connectivity index (χ2v) is 8.86. The van der Waals surface area contributed by atoms with Crippen molar-refractivity contribution >= 4 is 35.5 Å². The fourth-order valence-corrected chi connectivity index (χ4v) is 4.92. The lowest BCUT2D eigenvalue weighted by atomic mass is 10.0. The molecule has 2 unspecified atom stereocenters. The number of β-lactam (4-membered cyclic amide) rings is 1. The van der Waals surface area contributed by atoms with Gasteiger partial charge in [-0.05, 0) is 12.1 Å². The van der Waals surface area contributed by atoms with Gasteiger partial charge in [-0.15, -0.1) is 11.8 Å². The van der Waals surface area contributed by atoms with Crippen molar-refractivity contribution in [2.45, 2.75) is 24.9 Å². The number of nitrogens with zero attached hydrogens (tertiary/aromatic N) is 1. The third-order valence-electron chi connectivity index (χ3n) is 5.30. The van der Waals surface area contributed by atoms with Gasteiger partial charge in [0.2, 0.25) is 11.6 Å². The van der Waals surface area contributed by atoms with E-state index in [1.54, 1.807) is 0 Å². The summed E-state index contributed by atoms with van der Waals surface area (Å²) in [6.07, 6.45) is 0. The smallest absolute Gasteiger partial charge is 0.352 e. The van der Waals surface area contributed by atoms with Crippen LogP contribution in [0.15, 0.2) is 33.9 Å². The van der Waals surface area contributed by atoms with Crippen LogP contribution in [0.4, 0.5) is 17.6 Å². The molecule has 0 aliphatic carbocycles. The lowest BCUT2D eigenvalue weighted by molar-refractivity contribution is -0.149. The van der Waals surface area contributed by atoms with Crippen molar-refractivity contribution in [1.82, 2.24) is 10.2 Å². The van der Waals surface area contributed by atoms with Gasteiger partial charge in [-0.2, -0.15) is 8.78 Å². The molecule has 2 aliphatic rings. The second-order valence-electron chi connectivity index (χ2n) is 7.75. The highest BCUT2D eigenvalue weighted by Crippen LogP contribution is 2.40. The van der Waals surface area contributed by atoms with E-state index in [1.807, 2.05) is 0 Å². The number of furan rings is 1. The number of carbonyl (C=O) groups excluding carboxylic acids is 3. The van der Waals surface area contributed by atoms with Gasteiger partial charge in [0, 0.05) is 24.3 Å². The number of hydrogen-bond donors (Lipinski definition) is 2. The molecule has 10 nitrogen and oxygen atoms in total. The Kier molecular flexibility index (Phi) is 7.16. The predicted molar refractivity (Wildman–Crippen MR) is 115 cm³/mol. The molecule has 2 atom stereocenters. The molecule has 1 aromatic carbocycles. The molecule has 37 heavy (non-hydrogen) atoms. The minimum absolute atomic E-state index is 0.0241. The van der Waals surface area contributed by atoms with E-state index in [9.17, 15) is 41.8 Å². The molecule has 2 aliphatic heterocycles. The van der Waals surface area contributed by atoms with Crippen molar-refractivity contribution in [2.24, 2.45) is 0 Å². The number of hydrogen-bond acceptors (Lipinski definition) is 8. The minimum Gasteiger partial charge on any atom is -0.479 e. The van der Waals surface area contributed by atoms with Crippen molar-refractivity contribution in [3.63, 3.8) is 0 Å². The first-order chi connectivity index (χ1) is 17.5. The first-order valence-electron chi connectivity index (χ1n) is 10.4. The van der Waals surface area contributed by atoms with E-state index >= 15 is 0 Å². The third kappa shape index (κ3) is 4.98. The van der Waals surface area contributed by atoms with Crippen LogP contribution in [0, 0.1) is 23.3 Å². The first kappa shape index (κ1) is 26.1. The molecule has 1 fully saturated rings. The number of aliphatic carboxylic acids is 1. The summed E-state index contributed by atoms with van der Waals surface area (Å²) in [6, 6.07) is 1.31. The Hall–Kier alpha value is -4.01. The highest BCUT2D eigenvalue weighted by molar-refractivity contribution is 8.00. The second kappa shape index (κ2) is 10.2. The Balaban J connectivity index is 1.41. The Morgan fingerprint density at radius 1 is 1.16 bits per heavy atom. The van der Waals surface area contributed by atoms with Crippen LogP contribution < -0.4 is 10.1 Å². The lowest BCUT2D eigenvalue weighted by Gasteiger charge is -2.49. The maximum Gasteiger partial charge on any atom is 0.352 e. The van der Waals surface area contributed by atoms with Gasteiger partial charge in [-0.3, -0.25) is 19.3 Å². The zero-order chi connectivity index (χ0) is 27.0. The summed E-state index contributed by atoms with van der Waals surface area (Å²) in [4.78, 5) is 49.0. The number of rotatable bonds is 8. The van der Waals surface area contributed by atoms with E-state index in [4.69, 9.17) is 13.9 Å². The molecule has 196 valence electrons. The van der Waals surface area contributed by atoms with Crippen LogP contribution >= 0.6 is 11.8 Å². The zero-order valence-corrected chi connectivity index (χ0v) is 19.5. The predicted octanol–water partition coefficient (Wildman–Crippen LogP) is 2.33. The van der Waals surface area contributed by atoms with Crippen LogP contribution in [0.3, 0.4) is 0 Å². The number of benzene rings is 1. The van der Waals surface area contributed by atoms with Crippen molar-refractivity contribution < 1.29 is 55.7 Å². The van der Waals surface area contributed by atoms with Crippen LogP contribution in [0.5, 0.6) is 5.75 Å². The van der Waals surface area contributed by atoms with E-state index in [0.717, 1.165) is 23.6 Å². The number of amides is 2. The molecule has 2 amide bonds. The number of fused-ring (bicyclic) bond motifs is 1. The molecule has 0 saturated carbocycles. The highest BCUT2D eigenvalue weighted by atomic mass is 32.2. The topological polar surface area (TPSA) is 135 Å². The van der Waals surface area contributed by atoms with Crippen LogP contribution in [-0.4, -0.2) is 57.5 Å². The van der Waals surface area contributed by atoms with Gasteiger partial charge in [0.05, 0.1) is 0 Å². The zero-order valence-electron chi connectivity index (χ0n) is 18.7.